The molecule has 2 aromatic rings. The highest BCUT2D eigenvalue weighted by Gasteiger charge is 2.36. The van der Waals surface area contributed by atoms with Crippen molar-refractivity contribution in [3.05, 3.63) is 64.7 Å². The molecule has 0 bridgehead atoms. The number of benzene rings is 2. The first kappa shape index (κ1) is 20.7. The second kappa shape index (κ2) is 9.52. The lowest BCUT2D eigenvalue weighted by atomic mass is 9.78. The predicted octanol–water partition coefficient (Wildman–Crippen LogP) is 5.88. The van der Waals surface area contributed by atoms with Gasteiger partial charge < -0.3 is 9.64 Å². The van der Waals surface area contributed by atoms with Crippen LogP contribution in [0.15, 0.2) is 48.5 Å². The third-order valence-corrected chi connectivity index (χ3v) is 6.48. The summed E-state index contributed by atoms with van der Waals surface area (Å²) in [6.45, 7) is 0.983. The Morgan fingerprint density at radius 1 is 1.03 bits per heavy atom. The molecule has 0 radical (unpaired) electrons. The van der Waals surface area contributed by atoms with Gasteiger partial charge in [-0.15, -0.1) is 0 Å². The maximum Gasteiger partial charge on any atom is 0.411 e. The van der Waals surface area contributed by atoms with Crippen molar-refractivity contribution >= 4 is 29.3 Å². The van der Waals surface area contributed by atoms with Crippen LogP contribution < -0.4 is 5.32 Å². The SMILES string of the molecule is O=C(Nc1ccc(C(=O)N2CCCC3CCCC[C@H]32)c(Cl)c1)OCc1ccccc1. The van der Waals surface area contributed by atoms with Crippen LogP contribution >= 0.6 is 11.6 Å². The van der Waals surface area contributed by atoms with Crippen molar-refractivity contribution < 1.29 is 14.3 Å². The molecule has 158 valence electrons. The van der Waals surface area contributed by atoms with Crippen molar-refractivity contribution in [2.24, 2.45) is 5.92 Å². The van der Waals surface area contributed by atoms with E-state index >= 15 is 0 Å². The molecule has 1 saturated carbocycles. The summed E-state index contributed by atoms with van der Waals surface area (Å²) in [5.74, 6) is 0.616. The molecule has 0 aromatic heterocycles. The van der Waals surface area contributed by atoms with Crippen LogP contribution in [-0.4, -0.2) is 29.5 Å². The Bertz CT molecular complexity index is 901. The number of hydrogen-bond acceptors (Lipinski definition) is 3. The molecule has 30 heavy (non-hydrogen) atoms. The number of ether oxygens (including phenoxy) is 1. The van der Waals surface area contributed by atoms with Gasteiger partial charge in [0.2, 0.25) is 0 Å². The number of amides is 2. The van der Waals surface area contributed by atoms with E-state index in [1.54, 1.807) is 18.2 Å². The summed E-state index contributed by atoms with van der Waals surface area (Å²) in [6, 6.07) is 14.8. The molecule has 5 nitrogen and oxygen atoms in total. The Labute approximate surface area is 182 Å². The van der Waals surface area contributed by atoms with E-state index in [1.165, 1.54) is 25.7 Å². The van der Waals surface area contributed by atoms with E-state index in [1.807, 2.05) is 35.2 Å². The lowest BCUT2D eigenvalue weighted by Crippen LogP contribution is -2.49. The quantitative estimate of drug-likeness (QED) is 0.663. The Morgan fingerprint density at radius 2 is 1.80 bits per heavy atom. The van der Waals surface area contributed by atoms with Gasteiger partial charge in [0.15, 0.2) is 0 Å². The van der Waals surface area contributed by atoms with Crippen LogP contribution in [0.4, 0.5) is 10.5 Å². The van der Waals surface area contributed by atoms with E-state index in [9.17, 15) is 9.59 Å². The van der Waals surface area contributed by atoms with E-state index < -0.39 is 6.09 Å². The summed E-state index contributed by atoms with van der Waals surface area (Å²) < 4.78 is 5.24. The van der Waals surface area contributed by atoms with Gasteiger partial charge in [0, 0.05) is 18.3 Å². The number of hydrogen-bond donors (Lipinski definition) is 1. The number of fused-ring (bicyclic) bond motifs is 1. The first-order valence-electron chi connectivity index (χ1n) is 10.7. The van der Waals surface area contributed by atoms with Gasteiger partial charge in [0.25, 0.3) is 5.91 Å². The summed E-state index contributed by atoms with van der Waals surface area (Å²) >= 11 is 6.44. The summed E-state index contributed by atoms with van der Waals surface area (Å²) in [5.41, 5.74) is 1.91. The van der Waals surface area contributed by atoms with E-state index in [0.717, 1.165) is 24.9 Å². The lowest BCUT2D eigenvalue weighted by Gasteiger charge is -2.44. The van der Waals surface area contributed by atoms with E-state index in [-0.39, 0.29) is 12.5 Å². The second-order valence-electron chi connectivity index (χ2n) is 8.13. The van der Waals surface area contributed by atoms with Crippen molar-refractivity contribution in [1.82, 2.24) is 4.90 Å². The fourth-order valence-electron chi connectivity index (χ4n) is 4.67. The highest BCUT2D eigenvalue weighted by atomic mass is 35.5. The molecule has 0 spiro atoms. The van der Waals surface area contributed by atoms with Crippen LogP contribution in [0.25, 0.3) is 0 Å². The van der Waals surface area contributed by atoms with Crippen molar-refractivity contribution in [1.29, 1.82) is 0 Å². The third kappa shape index (κ3) is 4.78. The zero-order valence-corrected chi connectivity index (χ0v) is 17.7. The van der Waals surface area contributed by atoms with Gasteiger partial charge in [-0.05, 0) is 55.4 Å². The summed E-state index contributed by atoms with van der Waals surface area (Å²) in [5, 5.41) is 3.02. The third-order valence-electron chi connectivity index (χ3n) is 6.16. The second-order valence-corrected chi connectivity index (χ2v) is 8.54. The smallest absolute Gasteiger partial charge is 0.411 e. The number of nitrogens with zero attached hydrogens (tertiary/aromatic N) is 1. The fraction of sp³-hybridized carbons (Fsp3) is 0.417. The van der Waals surface area contributed by atoms with Crippen molar-refractivity contribution in [3.63, 3.8) is 0 Å². The summed E-state index contributed by atoms with van der Waals surface area (Å²) in [4.78, 5) is 27.3. The molecule has 6 heteroatoms. The lowest BCUT2D eigenvalue weighted by molar-refractivity contribution is 0.0391. The molecule has 2 fully saturated rings. The van der Waals surface area contributed by atoms with Crippen LogP contribution in [0.5, 0.6) is 0 Å². The highest BCUT2D eigenvalue weighted by Crippen LogP contribution is 2.36. The Kier molecular flexibility index (Phi) is 6.58. The Morgan fingerprint density at radius 3 is 2.60 bits per heavy atom. The maximum atomic E-state index is 13.2. The van der Waals surface area contributed by atoms with Crippen molar-refractivity contribution in [3.8, 4) is 0 Å². The van der Waals surface area contributed by atoms with Crippen LogP contribution in [0.2, 0.25) is 5.02 Å². The Balaban J connectivity index is 1.39. The van der Waals surface area contributed by atoms with Gasteiger partial charge in [0.1, 0.15) is 6.61 Å². The van der Waals surface area contributed by atoms with Crippen LogP contribution in [0.3, 0.4) is 0 Å². The number of halogens is 1. The molecule has 2 aliphatic rings. The van der Waals surface area contributed by atoms with Gasteiger partial charge in [-0.2, -0.15) is 0 Å². The standard InChI is InChI=1S/C24H27ClN2O3/c25-21-15-19(26-24(29)30-16-17-7-2-1-3-8-17)12-13-20(21)23(28)27-14-6-10-18-9-4-5-11-22(18)27/h1-3,7-8,12-13,15,18,22H,4-6,9-11,14,16H2,(H,26,29)/t18?,22-/m1/s1. The van der Waals surface area contributed by atoms with Gasteiger partial charge >= 0.3 is 6.09 Å². The van der Waals surface area contributed by atoms with Crippen LogP contribution in [0.1, 0.15) is 54.4 Å². The van der Waals surface area contributed by atoms with Crippen molar-refractivity contribution in [2.75, 3.05) is 11.9 Å². The number of rotatable bonds is 4. The van der Waals surface area contributed by atoms with E-state index in [2.05, 4.69) is 5.32 Å². The van der Waals surface area contributed by atoms with Gasteiger partial charge in [-0.1, -0.05) is 54.8 Å². The minimum Gasteiger partial charge on any atom is -0.444 e. The molecular weight excluding hydrogens is 400 g/mol. The van der Waals surface area contributed by atoms with Gasteiger partial charge in [-0.3, -0.25) is 10.1 Å². The predicted molar refractivity (Wildman–Crippen MR) is 118 cm³/mol. The van der Waals surface area contributed by atoms with E-state index in [0.29, 0.717) is 28.2 Å². The van der Waals surface area contributed by atoms with Crippen molar-refractivity contribution in [2.45, 2.75) is 51.2 Å². The fourth-order valence-corrected chi connectivity index (χ4v) is 4.94. The van der Waals surface area contributed by atoms with Crippen LogP contribution in [-0.2, 0) is 11.3 Å². The molecule has 1 unspecified atom stereocenters. The Hall–Kier alpha value is -2.53. The largest absolute Gasteiger partial charge is 0.444 e. The monoisotopic (exact) mass is 426 g/mol. The molecule has 2 aromatic carbocycles. The first-order valence-corrected chi connectivity index (χ1v) is 11.1. The van der Waals surface area contributed by atoms with E-state index in [4.69, 9.17) is 16.3 Å². The van der Waals surface area contributed by atoms with Gasteiger partial charge in [0.05, 0.1) is 10.6 Å². The number of carbonyl (C=O) groups excluding carboxylic acids is 2. The highest BCUT2D eigenvalue weighted by molar-refractivity contribution is 6.34. The minimum atomic E-state index is -0.560. The molecule has 4 rings (SSSR count). The number of carbonyl (C=O) groups is 2. The molecule has 2 atom stereocenters. The molecule has 1 aliphatic heterocycles. The zero-order chi connectivity index (χ0) is 20.9. The van der Waals surface area contributed by atoms with Gasteiger partial charge in [-0.25, -0.2) is 4.79 Å². The summed E-state index contributed by atoms with van der Waals surface area (Å²) in [7, 11) is 0. The molecule has 2 amide bonds. The normalized spacial score (nSPS) is 20.9. The number of nitrogens with one attached hydrogen (secondary N) is 1. The topological polar surface area (TPSA) is 58.6 Å². The molecular formula is C24H27ClN2O3. The maximum absolute atomic E-state index is 13.2. The molecule has 1 saturated heterocycles. The number of piperidine rings is 1. The van der Waals surface area contributed by atoms with Crippen LogP contribution in [0, 0.1) is 5.92 Å². The zero-order valence-electron chi connectivity index (χ0n) is 17.0. The number of anilines is 1. The minimum absolute atomic E-state index is 0.00481. The summed E-state index contributed by atoms with van der Waals surface area (Å²) in [6.07, 6.45) is 6.47. The number of likely N-dealkylation sites (tertiary alicyclic amines) is 1. The molecule has 1 heterocycles. The average molecular weight is 427 g/mol. The first-order chi connectivity index (χ1) is 14.6. The molecule has 1 aliphatic carbocycles. The average Bonchev–Trinajstić information content (AvgIpc) is 2.78. The molecule has 1 N–H and O–H groups in total.